The van der Waals surface area contributed by atoms with Gasteiger partial charge in [-0.1, -0.05) is 30.3 Å². The Bertz CT molecular complexity index is 1090. The molecule has 0 bridgehead atoms. The zero-order valence-electron chi connectivity index (χ0n) is 17.2. The number of urea groups is 1. The number of nitrogens with zero attached hydrogens (tertiary/aromatic N) is 2. The van der Waals surface area contributed by atoms with Crippen LogP contribution in [0, 0.1) is 13.8 Å². The number of esters is 1. The largest absolute Gasteiger partial charge is 0.452 e. The van der Waals surface area contributed by atoms with Gasteiger partial charge in [-0.05, 0) is 43.7 Å². The lowest BCUT2D eigenvalue weighted by Crippen LogP contribution is -2.28. The van der Waals surface area contributed by atoms with Crippen molar-refractivity contribution in [2.45, 2.75) is 20.4 Å². The molecule has 31 heavy (non-hydrogen) atoms. The summed E-state index contributed by atoms with van der Waals surface area (Å²) in [7, 11) is 0. The number of para-hydroxylation sites is 1. The lowest BCUT2D eigenvalue weighted by atomic mass is 10.1. The summed E-state index contributed by atoms with van der Waals surface area (Å²) in [6.07, 6.45) is 0. The molecule has 0 saturated heterocycles. The van der Waals surface area contributed by atoms with Crippen LogP contribution in [0.1, 0.15) is 27.3 Å². The Kier molecular flexibility index (Phi) is 6.66. The maximum atomic E-state index is 12.3. The fourth-order valence-electron chi connectivity index (χ4n) is 2.98. The molecule has 160 valence electrons. The molecule has 0 atom stereocenters. The summed E-state index contributed by atoms with van der Waals surface area (Å²) < 4.78 is 6.85. The van der Waals surface area contributed by atoms with Gasteiger partial charge in [0.15, 0.2) is 6.61 Å². The van der Waals surface area contributed by atoms with E-state index >= 15 is 0 Å². The van der Waals surface area contributed by atoms with Crippen molar-refractivity contribution in [3.05, 3.63) is 77.1 Å². The second kappa shape index (κ2) is 9.57. The summed E-state index contributed by atoms with van der Waals surface area (Å²) >= 11 is 0. The summed E-state index contributed by atoms with van der Waals surface area (Å²) in [6.45, 7) is 3.47. The van der Waals surface area contributed by atoms with Gasteiger partial charge in [0.05, 0.1) is 28.3 Å². The number of ether oxygens (including phenoxy) is 1. The first-order valence-corrected chi connectivity index (χ1v) is 9.56. The highest BCUT2D eigenvalue weighted by atomic mass is 16.5. The van der Waals surface area contributed by atoms with Crippen LogP contribution >= 0.6 is 0 Å². The minimum absolute atomic E-state index is 0.252. The highest BCUT2D eigenvalue weighted by Gasteiger charge is 2.16. The number of hydrogen-bond acceptors (Lipinski definition) is 5. The highest BCUT2D eigenvalue weighted by Crippen LogP contribution is 2.22. The Morgan fingerprint density at radius 1 is 1.03 bits per heavy atom. The van der Waals surface area contributed by atoms with E-state index in [2.05, 4.69) is 15.7 Å². The number of benzene rings is 2. The Hall–Kier alpha value is -4.14. The molecule has 9 nitrogen and oxygen atoms in total. The molecule has 4 N–H and O–H groups in total. The number of amides is 3. The number of carbonyl (C=O) groups excluding carboxylic acids is 3. The number of anilines is 1. The van der Waals surface area contributed by atoms with Gasteiger partial charge in [0.1, 0.15) is 0 Å². The summed E-state index contributed by atoms with van der Waals surface area (Å²) in [5.74, 6) is -1.09. The first-order chi connectivity index (χ1) is 14.8. The summed E-state index contributed by atoms with van der Waals surface area (Å²) in [6, 6.07) is 15.4. The van der Waals surface area contributed by atoms with E-state index in [1.54, 1.807) is 35.9 Å². The minimum Gasteiger partial charge on any atom is -0.452 e. The van der Waals surface area contributed by atoms with E-state index in [0.717, 1.165) is 16.9 Å². The first kappa shape index (κ1) is 21.6. The van der Waals surface area contributed by atoms with Crippen LogP contribution in [0.25, 0.3) is 5.69 Å². The average Bonchev–Trinajstić information content (AvgIpc) is 3.05. The SMILES string of the molecule is Cc1nn(-c2ccccc2)c(C)c1NC(=O)COC(=O)c1ccc(CNC(N)=O)cc1. The van der Waals surface area contributed by atoms with E-state index in [9.17, 15) is 14.4 Å². The van der Waals surface area contributed by atoms with Crippen LogP contribution < -0.4 is 16.4 Å². The van der Waals surface area contributed by atoms with Crippen molar-refractivity contribution in [3.63, 3.8) is 0 Å². The van der Waals surface area contributed by atoms with Gasteiger partial charge < -0.3 is 21.1 Å². The lowest BCUT2D eigenvalue weighted by Gasteiger charge is -2.08. The summed E-state index contributed by atoms with van der Waals surface area (Å²) in [5, 5.41) is 9.69. The molecule has 0 spiro atoms. The van der Waals surface area contributed by atoms with Gasteiger partial charge >= 0.3 is 12.0 Å². The topological polar surface area (TPSA) is 128 Å². The van der Waals surface area contributed by atoms with E-state index in [1.165, 1.54) is 0 Å². The number of nitrogens with two attached hydrogens (primary N) is 1. The standard InChI is InChI=1S/C22H23N5O4/c1-14-20(15(2)27(26-14)18-6-4-3-5-7-18)25-19(28)13-31-21(29)17-10-8-16(9-11-17)12-24-22(23)30/h3-11H,12-13H2,1-2H3,(H,25,28)(H3,23,24,30). The molecule has 3 rings (SSSR count). The molecule has 2 aromatic carbocycles. The fraction of sp³-hybridized carbons (Fsp3) is 0.182. The van der Waals surface area contributed by atoms with Crippen LogP contribution in [-0.4, -0.2) is 34.3 Å². The number of rotatable bonds is 7. The Labute approximate surface area is 179 Å². The van der Waals surface area contributed by atoms with E-state index in [4.69, 9.17) is 10.5 Å². The quantitative estimate of drug-likeness (QED) is 0.505. The van der Waals surface area contributed by atoms with Gasteiger partial charge in [-0.25, -0.2) is 14.3 Å². The van der Waals surface area contributed by atoms with Crippen molar-refractivity contribution in [1.82, 2.24) is 15.1 Å². The molecule has 0 aliphatic carbocycles. The van der Waals surface area contributed by atoms with E-state index < -0.39 is 24.5 Å². The van der Waals surface area contributed by atoms with Crippen molar-refractivity contribution in [1.29, 1.82) is 0 Å². The van der Waals surface area contributed by atoms with Crippen LogP contribution in [0.3, 0.4) is 0 Å². The molecular formula is C22H23N5O4. The molecule has 1 heterocycles. The van der Waals surface area contributed by atoms with Crippen LogP contribution in [0.2, 0.25) is 0 Å². The first-order valence-electron chi connectivity index (χ1n) is 9.56. The summed E-state index contributed by atoms with van der Waals surface area (Å²) in [5.41, 5.74) is 8.97. The second-order valence-corrected chi connectivity index (χ2v) is 6.83. The number of nitrogens with one attached hydrogen (secondary N) is 2. The molecule has 3 amide bonds. The smallest absolute Gasteiger partial charge is 0.338 e. The normalized spacial score (nSPS) is 10.4. The van der Waals surface area contributed by atoms with Crippen LogP contribution in [0.15, 0.2) is 54.6 Å². The summed E-state index contributed by atoms with van der Waals surface area (Å²) in [4.78, 5) is 35.3. The monoisotopic (exact) mass is 421 g/mol. The molecule has 9 heteroatoms. The Balaban J connectivity index is 1.57. The lowest BCUT2D eigenvalue weighted by molar-refractivity contribution is -0.119. The van der Waals surface area contributed by atoms with Gasteiger partial charge in [0.25, 0.3) is 5.91 Å². The van der Waals surface area contributed by atoms with Gasteiger partial charge in [-0.3, -0.25) is 4.79 Å². The Morgan fingerprint density at radius 3 is 2.35 bits per heavy atom. The number of aromatic nitrogens is 2. The van der Waals surface area contributed by atoms with Crippen LogP contribution in [-0.2, 0) is 16.1 Å². The molecule has 3 aromatic rings. The zero-order valence-corrected chi connectivity index (χ0v) is 17.2. The molecule has 1 aromatic heterocycles. The number of carbonyl (C=O) groups is 3. The maximum absolute atomic E-state index is 12.3. The zero-order chi connectivity index (χ0) is 22.4. The van der Waals surface area contributed by atoms with Gasteiger partial charge in [-0.2, -0.15) is 5.10 Å². The van der Waals surface area contributed by atoms with E-state index in [-0.39, 0.29) is 6.54 Å². The van der Waals surface area contributed by atoms with E-state index in [1.807, 2.05) is 37.3 Å². The predicted molar refractivity (Wildman–Crippen MR) is 115 cm³/mol. The van der Waals surface area contributed by atoms with Crippen molar-refractivity contribution in [2.75, 3.05) is 11.9 Å². The van der Waals surface area contributed by atoms with Crippen molar-refractivity contribution >= 4 is 23.6 Å². The van der Waals surface area contributed by atoms with Crippen molar-refractivity contribution in [2.24, 2.45) is 5.73 Å². The van der Waals surface area contributed by atoms with Gasteiger partial charge in [-0.15, -0.1) is 0 Å². The van der Waals surface area contributed by atoms with Crippen LogP contribution in [0.4, 0.5) is 10.5 Å². The molecule has 0 radical (unpaired) electrons. The third-order valence-electron chi connectivity index (χ3n) is 4.55. The minimum atomic E-state index is -0.630. The number of primary amides is 1. The molecule has 0 saturated carbocycles. The molecule has 0 aliphatic rings. The third-order valence-corrected chi connectivity index (χ3v) is 4.55. The van der Waals surface area contributed by atoms with Crippen molar-refractivity contribution < 1.29 is 19.1 Å². The van der Waals surface area contributed by atoms with Gasteiger partial charge in [0, 0.05) is 6.54 Å². The maximum Gasteiger partial charge on any atom is 0.338 e. The predicted octanol–water partition coefficient (Wildman–Crippen LogP) is 2.45. The van der Waals surface area contributed by atoms with Crippen molar-refractivity contribution in [3.8, 4) is 5.69 Å². The molecular weight excluding hydrogens is 398 g/mol. The fourth-order valence-corrected chi connectivity index (χ4v) is 2.98. The highest BCUT2D eigenvalue weighted by molar-refractivity contribution is 5.96. The number of hydrogen-bond donors (Lipinski definition) is 3. The molecule has 0 unspecified atom stereocenters. The second-order valence-electron chi connectivity index (χ2n) is 6.83. The molecule has 0 aliphatic heterocycles. The number of aryl methyl sites for hydroxylation is 1. The molecule has 0 fully saturated rings. The van der Waals surface area contributed by atoms with E-state index in [0.29, 0.717) is 16.9 Å². The Morgan fingerprint density at radius 2 is 1.71 bits per heavy atom. The average molecular weight is 421 g/mol. The third kappa shape index (κ3) is 5.47. The van der Waals surface area contributed by atoms with Crippen LogP contribution in [0.5, 0.6) is 0 Å². The van der Waals surface area contributed by atoms with Gasteiger partial charge in [0.2, 0.25) is 0 Å².